The van der Waals surface area contributed by atoms with Crippen LogP contribution in [0.25, 0.3) is 11.0 Å². The van der Waals surface area contributed by atoms with Gasteiger partial charge in [-0.05, 0) is 10.3 Å². The number of nitrogens with two attached hydrogens (primary N) is 1. The Kier molecular flexibility index (Phi) is 1.29. The van der Waals surface area contributed by atoms with E-state index in [0.29, 0.717) is 16.9 Å². The summed E-state index contributed by atoms with van der Waals surface area (Å²) >= 11 is 0. The molecule has 7 heteroatoms. The van der Waals surface area contributed by atoms with Crippen LogP contribution in [-0.2, 0) is 0 Å². The van der Waals surface area contributed by atoms with Gasteiger partial charge in [-0.3, -0.25) is 0 Å². The van der Waals surface area contributed by atoms with Crippen LogP contribution >= 0.6 is 0 Å². The Morgan fingerprint density at radius 3 is 2.75 bits per heavy atom. The van der Waals surface area contributed by atoms with E-state index >= 15 is 0 Å². The molecule has 3 N–H and O–H groups in total. The van der Waals surface area contributed by atoms with Crippen LogP contribution in [0.2, 0.25) is 0 Å². The molecule has 2 aromatic rings. The molecule has 0 fully saturated rings. The third kappa shape index (κ3) is 0.760. The van der Waals surface area contributed by atoms with E-state index in [-0.39, 0.29) is 5.82 Å². The molecule has 0 unspecified atom stereocenters. The van der Waals surface area contributed by atoms with Gasteiger partial charge in [0.15, 0.2) is 22.7 Å². The van der Waals surface area contributed by atoms with Gasteiger partial charge < -0.3 is 11.1 Å². The average molecular weight is 166 g/mol. The highest BCUT2D eigenvalue weighted by Crippen LogP contribution is 2.19. The molecule has 2 rings (SSSR count). The molecule has 0 aliphatic heterocycles. The van der Waals surface area contributed by atoms with Crippen molar-refractivity contribution in [1.82, 2.24) is 20.5 Å². The summed E-state index contributed by atoms with van der Waals surface area (Å²) in [4.78, 5) is 0. The maximum atomic E-state index is 5.46. The quantitative estimate of drug-likeness (QED) is 0.596. The molecular formula is C5H6N6O. The Bertz CT molecular complexity index is 409. The molecule has 62 valence electrons. The number of hydrogen-bond acceptors (Lipinski definition) is 7. The molecule has 0 aliphatic carbocycles. The van der Waals surface area contributed by atoms with Gasteiger partial charge in [-0.15, -0.1) is 10.2 Å². The van der Waals surface area contributed by atoms with E-state index in [2.05, 4.69) is 30.5 Å². The Morgan fingerprint density at radius 1 is 1.25 bits per heavy atom. The van der Waals surface area contributed by atoms with E-state index < -0.39 is 0 Å². The summed E-state index contributed by atoms with van der Waals surface area (Å²) in [6.07, 6.45) is 0. The molecule has 0 spiro atoms. The summed E-state index contributed by atoms with van der Waals surface area (Å²) in [5.41, 5.74) is 6.38. The Balaban J connectivity index is 2.82. The van der Waals surface area contributed by atoms with E-state index in [1.165, 1.54) is 0 Å². The van der Waals surface area contributed by atoms with Crippen molar-refractivity contribution in [2.45, 2.75) is 0 Å². The smallest absolute Gasteiger partial charge is 0.183 e. The molecule has 12 heavy (non-hydrogen) atoms. The van der Waals surface area contributed by atoms with Crippen LogP contribution in [0.5, 0.6) is 0 Å². The largest absolute Gasteiger partial charge is 0.380 e. The van der Waals surface area contributed by atoms with Crippen LogP contribution in [0.1, 0.15) is 0 Å². The molecule has 0 bridgehead atoms. The predicted octanol–water partition coefficient (Wildman–Crippen LogP) is -0.363. The lowest BCUT2D eigenvalue weighted by molar-refractivity contribution is 0.315. The van der Waals surface area contributed by atoms with Gasteiger partial charge in [0.2, 0.25) is 0 Å². The zero-order valence-electron chi connectivity index (χ0n) is 6.27. The molecular weight excluding hydrogens is 160 g/mol. The zero-order chi connectivity index (χ0) is 8.55. The molecule has 0 saturated heterocycles. The molecule has 7 nitrogen and oxygen atoms in total. The first-order valence-corrected chi connectivity index (χ1v) is 3.25. The van der Waals surface area contributed by atoms with Gasteiger partial charge in [0.1, 0.15) is 0 Å². The highest BCUT2D eigenvalue weighted by molar-refractivity contribution is 5.90. The monoisotopic (exact) mass is 166 g/mol. The van der Waals surface area contributed by atoms with Crippen LogP contribution in [-0.4, -0.2) is 27.6 Å². The van der Waals surface area contributed by atoms with Gasteiger partial charge in [0.25, 0.3) is 0 Å². The van der Waals surface area contributed by atoms with Crippen molar-refractivity contribution in [3.8, 4) is 0 Å². The number of rotatable bonds is 1. The van der Waals surface area contributed by atoms with Crippen molar-refractivity contribution in [3.63, 3.8) is 0 Å². The zero-order valence-corrected chi connectivity index (χ0v) is 6.27. The molecule has 0 aromatic carbocycles. The first kappa shape index (κ1) is 6.77. The van der Waals surface area contributed by atoms with Crippen LogP contribution in [0, 0.1) is 0 Å². The van der Waals surface area contributed by atoms with Gasteiger partial charge in [0, 0.05) is 7.05 Å². The standard InChI is InChI=1S/C5H6N6O/c1-7-5-3-2(10-12-11-3)4(6)8-9-5/h1H3,(H2,6,8)(H,7,9). The van der Waals surface area contributed by atoms with E-state index in [9.17, 15) is 0 Å². The summed E-state index contributed by atoms with van der Waals surface area (Å²) in [6, 6.07) is 0. The average Bonchev–Trinajstić information content (AvgIpc) is 2.54. The second-order valence-electron chi connectivity index (χ2n) is 2.15. The van der Waals surface area contributed by atoms with Gasteiger partial charge in [-0.25, -0.2) is 4.63 Å². The summed E-state index contributed by atoms with van der Waals surface area (Å²) in [5.74, 6) is 0.714. The fourth-order valence-electron chi connectivity index (χ4n) is 0.879. The fraction of sp³-hybridized carbons (Fsp3) is 0.200. The molecule has 2 heterocycles. The molecule has 0 amide bonds. The molecule has 0 radical (unpaired) electrons. The summed E-state index contributed by atoms with van der Waals surface area (Å²) in [6.45, 7) is 0. The normalized spacial score (nSPS) is 10.4. The maximum Gasteiger partial charge on any atom is 0.183 e. The van der Waals surface area contributed by atoms with Crippen LogP contribution < -0.4 is 11.1 Å². The Hall–Kier alpha value is -1.92. The molecule has 0 saturated carbocycles. The molecule has 2 aromatic heterocycles. The minimum atomic E-state index is 0.213. The first-order valence-electron chi connectivity index (χ1n) is 3.25. The van der Waals surface area contributed by atoms with Crippen molar-refractivity contribution in [2.24, 2.45) is 0 Å². The third-order valence-corrected chi connectivity index (χ3v) is 1.45. The summed E-state index contributed by atoms with van der Waals surface area (Å²) in [7, 11) is 1.70. The number of nitrogens with zero attached hydrogens (tertiary/aromatic N) is 4. The van der Waals surface area contributed by atoms with Gasteiger partial charge in [-0.2, -0.15) is 0 Å². The van der Waals surface area contributed by atoms with Crippen molar-refractivity contribution in [1.29, 1.82) is 0 Å². The van der Waals surface area contributed by atoms with Crippen molar-refractivity contribution >= 4 is 22.7 Å². The van der Waals surface area contributed by atoms with E-state index in [4.69, 9.17) is 5.73 Å². The lowest BCUT2D eigenvalue weighted by atomic mass is 10.4. The number of nitrogen functional groups attached to an aromatic ring is 1. The third-order valence-electron chi connectivity index (χ3n) is 1.45. The molecule has 0 aliphatic rings. The van der Waals surface area contributed by atoms with Crippen molar-refractivity contribution in [2.75, 3.05) is 18.1 Å². The highest BCUT2D eigenvalue weighted by atomic mass is 16.6. The van der Waals surface area contributed by atoms with Gasteiger partial charge in [-0.1, -0.05) is 0 Å². The summed E-state index contributed by atoms with van der Waals surface area (Å²) in [5, 5.41) is 17.4. The van der Waals surface area contributed by atoms with E-state index in [0.717, 1.165) is 0 Å². The molecule has 0 atom stereocenters. The van der Waals surface area contributed by atoms with Crippen LogP contribution in [0.4, 0.5) is 11.6 Å². The predicted molar refractivity (Wildman–Crippen MR) is 41.4 cm³/mol. The fourth-order valence-corrected chi connectivity index (χ4v) is 0.879. The summed E-state index contributed by atoms with van der Waals surface area (Å²) < 4.78 is 4.49. The van der Waals surface area contributed by atoms with E-state index in [1.54, 1.807) is 7.05 Å². The Morgan fingerprint density at radius 2 is 2.00 bits per heavy atom. The van der Waals surface area contributed by atoms with E-state index in [1.807, 2.05) is 0 Å². The SMILES string of the molecule is CNc1nnc(N)c2nonc12. The number of anilines is 2. The topological polar surface area (TPSA) is 103 Å². The minimum Gasteiger partial charge on any atom is -0.380 e. The minimum absolute atomic E-state index is 0.213. The number of fused-ring (bicyclic) bond motifs is 1. The second-order valence-corrected chi connectivity index (χ2v) is 2.15. The van der Waals surface area contributed by atoms with Gasteiger partial charge >= 0.3 is 0 Å². The lowest BCUT2D eigenvalue weighted by Gasteiger charge is -1.96. The Labute approximate surface area is 66.9 Å². The van der Waals surface area contributed by atoms with Gasteiger partial charge in [0.05, 0.1) is 0 Å². The second kappa shape index (κ2) is 2.29. The van der Waals surface area contributed by atoms with Crippen LogP contribution in [0.15, 0.2) is 4.63 Å². The number of nitrogens with one attached hydrogen (secondary N) is 1. The van der Waals surface area contributed by atoms with Crippen LogP contribution in [0.3, 0.4) is 0 Å². The maximum absolute atomic E-state index is 5.46. The van der Waals surface area contributed by atoms with Crippen molar-refractivity contribution < 1.29 is 4.63 Å². The van der Waals surface area contributed by atoms with Crippen molar-refractivity contribution in [3.05, 3.63) is 0 Å². The number of hydrogen-bond donors (Lipinski definition) is 2. The first-order chi connectivity index (χ1) is 5.83. The number of aromatic nitrogens is 4. The lowest BCUT2D eigenvalue weighted by Crippen LogP contribution is -2.00. The highest BCUT2D eigenvalue weighted by Gasteiger charge is 2.10.